The monoisotopic (exact) mass is 230 g/mol. The highest BCUT2D eigenvalue weighted by Gasteiger charge is 2.40. The molecule has 2 unspecified atom stereocenters. The van der Waals surface area contributed by atoms with E-state index >= 15 is 0 Å². The third-order valence-corrected chi connectivity index (χ3v) is 4.56. The molecule has 1 aliphatic carbocycles. The summed E-state index contributed by atoms with van der Waals surface area (Å²) in [4.78, 5) is 2.61. The fourth-order valence-electron chi connectivity index (χ4n) is 3.65. The van der Waals surface area contributed by atoms with Gasteiger partial charge in [0.25, 0.3) is 0 Å². The summed E-state index contributed by atoms with van der Waals surface area (Å²) < 4.78 is 0. The fourth-order valence-corrected chi connectivity index (χ4v) is 3.65. The average Bonchev–Trinajstić information content (AvgIpc) is 2.82. The molecule has 2 atom stereocenters. The number of rotatable bonds is 1. The molecule has 0 bridgehead atoms. The molecule has 1 aliphatic heterocycles. The minimum Gasteiger partial charge on any atom is -0.320 e. The zero-order valence-corrected chi connectivity index (χ0v) is 10.7. The summed E-state index contributed by atoms with van der Waals surface area (Å²) in [6.07, 6.45) is 5.08. The first-order chi connectivity index (χ1) is 8.19. The molecule has 2 N–H and O–H groups in total. The van der Waals surface area contributed by atoms with E-state index in [0.717, 1.165) is 0 Å². The Bertz CT molecular complexity index is 405. The van der Waals surface area contributed by atoms with Gasteiger partial charge in [-0.1, -0.05) is 24.3 Å². The molecule has 0 radical (unpaired) electrons. The highest BCUT2D eigenvalue weighted by atomic mass is 15.2. The van der Waals surface area contributed by atoms with Gasteiger partial charge in [0.2, 0.25) is 0 Å². The molecule has 0 aromatic heterocycles. The predicted octanol–water partition coefficient (Wildman–Crippen LogP) is 2.27. The molecule has 1 aromatic carbocycles. The second-order valence-corrected chi connectivity index (χ2v) is 5.74. The van der Waals surface area contributed by atoms with Gasteiger partial charge in [-0.25, -0.2) is 0 Å². The summed E-state index contributed by atoms with van der Waals surface area (Å²) >= 11 is 0. The lowest BCUT2D eigenvalue weighted by molar-refractivity contribution is 0.137. The van der Waals surface area contributed by atoms with Crippen molar-refractivity contribution >= 4 is 0 Å². The number of hydrogen-bond donors (Lipinski definition) is 1. The van der Waals surface area contributed by atoms with Crippen molar-refractivity contribution in [1.29, 1.82) is 0 Å². The maximum Gasteiger partial charge on any atom is 0.0541 e. The number of aryl methyl sites for hydroxylation is 1. The number of nitrogens with zero attached hydrogens (tertiary/aromatic N) is 1. The van der Waals surface area contributed by atoms with Crippen LogP contribution in [0.25, 0.3) is 0 Å². The Morgan fingerprint density at radius 3 is 2.71 bits per heavy atom. The fraction of sp³-hybridized carbons (Fsp3) is 0.600. The zero-order valence-electron chi connectivity index (χ0n) is 10.7. The predicted molar refractivity (Wildman–Crippen MR) is 70.9 cm³/mol. The van der Waals surface area contributed by atoms with Crippen LogP contribution in [-0.2, 0) is 12.0 Å². The third kappa shape index (κ3) is 1.80. The quantitative estimate of drug-likeness (QED) is 0.802. The minimum atomic E-state index is -0.181. The van der Waals surface area contributed by atoms with Gasteiger partial charge >= 0.3 is 0 Å². The number of likely N-dealkylation sites (tertiary alicyclic amines) is 1. The van der Waals surface area contributed by atoms with Crippen molar-refractivity contribution in [2.24, 2.45) is 5.73 Å². The summed E-state index contributed by atoms with van der Waals surface area (Å²) in [5.41, 5.74) is 9.31. The molecular formula is C15H22N2. The molecule has 0 amide bonds. The van der Waals surface area contributed by atoms with Crippen molar-refractivity contribution in [2.75, 3.05) is 13.1 Å². The summed E-state index contributed by atoms with van der Waals surface area (Å²) in [7, 11) is 0. The van der Waals surface area contributed by atoms with Crippen molar-refractivity contribution in [1.82, 2.24) is 4.90 Å². The molecular weight excluding hydrogens is 208 g/mol. The van der Waals surface area contributed by atoms with E-state index in [2.05, 4.69) is 36.1 Å². The lowest BCUT2D eigenvalue weighted by Gasteiger charge is -2.44. The number of benzene rings is 1. The van der Waals surface area contributed by atoms with E-state index in [-0.39, 0.29) is 5.54 Å². The van der Waals surface area contributed by atoms with E-state index in [0.29, 0.717) is 6.04 Å². The summed E-state index contributed by atoms with van der Waals surface area (Å²) in [6.45, 7) is 4.69. The van der Waals surface area contributed by atoms with Gasteiger partial charge < -0.3 is 5.73 Å². The molecule has 1 aromatic rings. The van der Waals surface area contributed by atoms with Crippen molar-refractivity contribution in [3.8, 4) is 0 Å². The minimum absolute atomic E-state index is 0.181. The molecule has 17 heavy (non-hydrogen) atoms. The third-order valence-electron chi connectivity index (χ3n) is 4.56. The molecule has 1 saturated heterocycles. The second kappa shape index (κ2) is 4.11. The summed E-state index contributed by atoms with van der Waals surface area (Å²) in [5, 5.41) is 0. The van der Waals surface area contributed by atoms with E-state index in [1.807, 2.05) is 0 Å². The SMILES string of the molecule is CC1(N)c2ccccc2CCC1N1CCCC1. The standard InChI is InChI=1S/C15H22N2/c1-15(16)13-7-3-2-6-12(13)8-9-14(15)17-10-4-5-11-17/h2-3,6-7,14H,4-5,8-11,16H2,1H3. The van der Waals surface area contributed by atoms with Crippen LogP contribution in [0.4, 0.5) is 0 Å². The molecule has 1 fully saturated rings. The van der Waals surface area contributed by atoms with E-state index in [9.17, 15) is 0 Å². The molecule has 1 heterocycles. The smallest absolute Gasteiger partial charge is 0.0541 e. The Kier molecular flexibility index (Phi) is 2.72. The summed E-state index contributed by atoms with van der Waals surface area (Å²) in [6, 6.07) is 9.24. The first kappa shape index (κ1) is 11.2. The van der Waals surface area contributed by atoms with Crippen molar-refractivity contribution < 1.29 is 0 Å². The van der Waals surface area contributed by atoms with Crippen LogP contribution >= 0.6 is 0 Å². The Morgan fingerprint density at radius 1 is 1.24 bits per heavy atom. The Hall–Kier alpha value is -0.860. The van der Waals surface area contributed by atoms with Gasteiger partial charge in [-0.3, -0.25) is 4.90 Å². The zero-order chi connectivity index (χ0) is 11.9. The second-order valence-electron chi connectivity index (χ2n) is 5.74. The molecule has 3 rings (SSSR count). The molecule has 2 heteroatoms. The van der Waals surface area contributed by atoms with Crippen LogP contribution in [-0.4, -0.2) is 24.0 Å². The van der Waals surface area contributed by atoms with Gasteiger partial charge in [0, 0.05) is 6.04 Å². The Labute approximate surface area is 104 Å². The van der Waals surface area contributed by atoms with Gasteiger partial charge in [0.15, 0.2) is 0 Å². The van der Waals surface area contributed by atoms with Crippen LogP contribution < -0.4 is 5.73 Å². The Balaban J connectivity index is 1.95. The van der Waals surface area contributed by atoms with Crippen LogP contribution in [0.3, 0.4) is 0 Å². The van der Waals surface area contributed by atoms with Crippen molar-refractivity contribution in [2.45, 2.75) is 44.2 Å². The van der Waals surface area contributed by atoms with Gasteiger partial charge in [-0.2, -0.15) is 0 Å². The van der Waals surface area contributed by atoms with Crippen LogP contribution in [0.5, 0.6) is 0 Å². The van der Waals surface area contributed by atoms with Gasteiger partial charge in [-0.05, 0) is 56.8 Å². The van der Waals surface area contributed by atoms with Gasteiger partial charge in [-0.15, -0.1) is 0 Å². The molecule has 2 aliphatic rings. The first-order valence-electron chi connectivity index (χ1n) is 6.81. The topological polar surface area (TPSA) is 29.3 Å². The van der Waals surface area contributed by atoms with Gasteiger partial charge in [0.1, 0.15) is 0 Å². The van der Waals surface area contributed by atoms with E-state index in [1.54, 1.807) is 0 Å². The van der Waals surface area contributed by atoms with Crippen molar-refractivity contribution in [3.63, 3.8) is 0 Å². The lowest BCUT2D eigenvalue weighted by Crippen LogP contribution is -2.56. The van der Waals surface area contributed by atoms with Gasteiger partial charge in [0.05, 0.1) is 5.54 Å². The number of fused-ring (bicyclic) bond motifs is 1. The average molecular weight is 230 g/mol. The molecule has 0 saturated carbocycles. The molecule has 2 nitrogen and oxygen atoms in total. The van der Waals surface area contributed by atoms with Crippen LogP contribution in [0.2, 0.25) is 0 Å². The first-order valence-corrected chi connectivity index (χ1v) is 6.81. The van der Waals surface area contributed by atoms with E-state index in [1.165, 1.54) is 49.9 Å². The van der Waals surface area contributed by atoms with Crippen molar-refractivity contribution in [3.05, 3.63) is 35.4 Å². The number of nitrogens with two attached hydrogens (primary N) is 1. The van der Waals surface area contributed by atoms with E-state index in [4.69, 9.17) is 5.73 Å². The maximum atomic E-state index is 6.67. The maximum absolute atomic E-state index is 6.67. The largest absolute Gasteiger partial charge is 0.320 e. The van der Waals surface area contributed by atoms with E-state index < -0.39 is 0 Å². The lowest BCUT2D eigenvalue weighted by atomic mass is 9.74. The Morgan fingerprint density at radius 2 is 1.94 bits per heavy atom. The van der Waals surface area contributed by atoms with Crippen LogP contribution in [0.15, 0.2) is 24.3 Å². The molecule has 0 spiro atoms. The summed E-state index contributed by atoms with van der Waals surface area (Å²) in [5.74, 6) is 0. The highest BCUT2D eigenvalue weighted by Crippen LogP contribution is 2.37. The normalized spacial score (nSPS) is 33.6. The highest BCUT2D eigenvalue weighted by molar-refractivity contribution is 5.37. The number of hydrogen-bond acceptors (Lipinski definition) is 2. The van der Waals surface area contributed by atoms with Crippen LogP contribution in [0, 0.1) is 0 Å². The molecule has 92 valence electrons. The van der Waals surface area contributed by atoms with Crippen LogP contribution in [0.1, 0.15) is 37.3 Å².